The van der Waals surface area contributed by atoms with Crippen LogP contribution in [0.5, 0.6) is 11.5 Å². The lowest BCUT2D eigenvalue weighted by molar-refractivity contribution is -0.0502. The van der Waals surface area contributed by atoms with Crippen LogP contribution in [0, 0.1) is 11.8 Å². The molecule has 35 heavy (non-hydrogen) atoms. The van der Waals surface area contributed by atoms with Crippen molar-refractivity contribution < 1.29 is 28.2 Å². The summed E-state index contributed by atoms with van der Waals surface area (Å²) in [4.78, 5) is 17.4. The van der Waals surface area contributed by atoms with Crippen LogP contribution in [-0.4, -0.2) is 40.1 Å². The molecule has 0 aliphatic heterocycles. The molecule has 3 aromatic rings. The van der Waals surface area contributed by atoms with Crippen molar-refractivity contribution in [2.24, 2.45) is 11.8 Å². The number of aliphatic hydroxyl groups is 1. The van der Waals surface area contributed by atoms with Gasteiger partial charge in [-0.2, -0.15) is 8.78 Å². The van der Waals surface area contributed by atoms with Gasteiger partial charge in [-0.1, -0.05) is 27.7 Å². The van der Waals surface area contributed by atoms with E-state index in [1.54, 1.807) is 12.3 Å². The zero-order valence-electron chi connectivity index (χ0n) is 20.7. The summed E-state index contributed by atoms with van der Waals surface area (Å²) in [7, 11) is 1.40. The summed E-state index contributed by atoms with van der Waals surface area (Å²) >= 11 is 0. The van der Waals surface area contributed by atoms with Gasteiger partial charge in [0.05, 0.1) is 25.1 Å². The zero-order valence-corrected chi connectivity index (χ0v) is 20.7. The lowest BCUT2D eigenvalue weighted by Crippen LogP contribution is -2.37. The SMILES string of the molecule is COc1cc(-c2cnc3cc(C(C)(C)C(O)C(C)C)ccn23)cc(OC(F)F)c1C(=O)CC1CC1. The highest BCUT2D eigenvalue weighted by atomic mass is 19.3. The summed E-state index contributed by atoms with van der Waals surface area (Å²) in [5, 5.41) is 10.7. The molecule has 0 spiro atoms. The molecule has 0 saturated heterocycles. The third-order valence-electron chi connectivity index (χ3n) is 6.88. The molecule has 0 bridgehead atoms. The number of imidazole rings is 1. The highest BCUT2D eigenvalue weighted by molar-refractivity contribution is 6.02. The number of ether oxygens (including phenoxy) is 2. The monoisotopic (exact) mass is 486 g/mol. The second kappa shape index (κ2) is 9.57. The second-order valence-corrected chi connectivity index (χ2v) is 10.2. The Labute approximate surface area is 203 Å². The summed E-state index contributed by atoms with van der Waals surface area (Å²) in [5.41, 5.74) is 2.29. The second-order valence-electron chi connectivity index (χ2n) is 10.2. The van der Waals surface area contributed by atoms with Crippen LogP contribution in [0.1, 0.15) is 62.9 Å². The molecule has 6 nitrogen and oxygen atoms in total. The molecule has 0 radical (unpaired) electrons. The number of hydrogen-bond acceptors (Lipinski definition) is 5. The number of aliphatic hydroxyl groups excluding tert-OH is 1. The van der Waals surface area contributed by atoms with E-state index >= 15 is 0 Å². The fourth-order valence-electron chi connectivity index (χ4n) is 4.65. The Balaban J connectivity index is 1.78. The number of benzene rings is 1. The number of aromatic nitrogens is 2. The first kappa shape index (κ1) is 25.1. The molecule has 1 aliphatic carbocycles. The van der Waals surface area contributed by atoms with E-state index in [2.05, 4.69) is 4.98 Å². The van der Waals surface area contributed by atoms with Gasteiger partial charge in [0.2, 0.25) is 0 Å². The van der Waals surface area contributed by atoms with Crippen molar-refractivity contribution in [3.05, 3.63) is 47.8 Å². The van der Waals surface area contributed by atoms with Crippen molar-refractivity contribution >= 4 is 11.4 Å². The van der Waals surface area contributed by atoms with E-state index in [4.69, 9.17) is 9.47 Å². The predicted octanol–water partition coefficient (Wildman–Crippen LogP) is 5.89. The molecule has 1 fully saturated rings. The number of carbonyl (C=O) groups excluding carboxylic acids is 1. The highest BCUT2D eigenvalue weighted by Crippen LogP contribution is 2.41. The maximum Gasteiger partial charge on any atom is 0.387 e. The number of rotatable bonds is 10. The Hall–Kier alpha value is -3.00. The molecular weight excluding hydrogens is 454 g/mol. The van der Waals surface area contributed by atoms with E-state index in [0.717, 1.165) is 18.4 Å². The van der Waals surface area contributed by atoms with E-state index in [-0.39, 0.29) is 41.1 Å². The first-order valence-corrected chi connectivity index (χ1v) is 11.9. The molecule has 1 aromatic carbocycles. The maximum atomic E-state index is 13.3. The van der Waals surface area contributed by atoms with Crippen molar-refractivity contribution in [1.29, 1.82) is 0 Å². The van der Waals surface area contributed by atoms with Crippen LogP contribution in [-0.2, 0) is 5.41 Å². The van der Waals surface area contributed by atoms with Crippen molar-refractivity contribution in [3.8, 4) is 22.8 Å². The van der Waals surface area contributed by atoms with Crippen LogP contribution >= 0.6 is 0 Å². The van der Waals surface area contributed by atoms with Gasteiger partial charge < -0.3 is 14.6 Å². The molecule has 188 valence electrons. The number of halogens is 2. The van der Waals surface area contributed by atoms with Gasteiger partial charge in [0.15, 0.2) is 5.78 Å². The number of fused-ring (bicyclic) bond motifs is 1. The van der Waals surface area contributed by atoms with Gasteiger partial charge in [0.25, 0.3) is 0 Å². The molecule has 1 aliphatic rings. The van der Waals surface area contributed by atoms with E-state index < -0.39 is 18.1 Å². The molecule has 8 heteroatoms. The van der Waals surface area contributed by atoms with Gasteiger partial charge >= 0.3 is 6.61 Å². The van der Waals surface area contributed by atoms with Crippen molar-refractivity contribution in [3.63, 3.8) is 0 Å². The fourth-order valence-corrected chi connectivity index (χ4v) is 4.65. The number of pyridine rings is 1. The minimum atomic E-state index is -3.08. The van der Waals surface area contributed by atoms with Gasteiger partial charge in [-0.15, -0.1) is 0 Å². The van der Waals surface area contributed by atoms with Crippen molar-refractivity contribution in [2.75, 3.05) is 7.11 Å². The highest BCUT2D eigenvalue weighted by Gasteiger charge is 2.33. The van der Waals surface area contributed by atoms with Gasteiger partial charge in [-0.3, -0.25) is 9.20 Å². The third-order valence-corrected chi connectivity index (χ3v) is 6.88. The lowest BCUT2D eigenvalue weighted by atomic mass is 9.75. The largest absolute Gasteiger partial charge is 0.496 e. The van der Waals surface area contributed by atoms with Crippen LogP contribution in [0.4, 0.5) is 8.78 Å². The number of alkyl halides is 2. The van der Waals surface area contributed by atoms with Gasteiger partial charge in [-0.25, -0.2) is 4.98 Å². The quantitative estimate of drug-likeness (QED) is 0.362. The van der Waals surface area contributed by atoms with Crippen molar-refractivity contribution in [2.45, 2.75) is 65.1 Å². The van der Waals surface area contributed by atoms with Crippen LogP contribution in [0.2, 0.25) is 0 Å². The van der Waals surface area contributed by atoms with Crippen LogP contribution in [0.15, 0.2) is 36.7 Å². The molecule has 1 saturated carbocycles. The van der Waals surface area contributed by atoms with E-state index in [1.165, 1.54) is 13.2 Å². The molecule has 0 amide bonds. The van der Waals surface area contributed by atoms with E-state index in [9.17, 15) is 18.7 Å². The summed E-state index contributed by atoms with van der Waals surface area (Å²) in [6.07, 6.45) is 5.15. The standard InChI is InChI=1S/C27H32F2N2O4/c1-15(2)25(33)27(3,4)18-8-9-31-19(14-30-23(31)13-18)17-11-21(34-5)24(20(32)10-16-6-7-16)22(12-17)35-26(28)29/h8-9,11-16,25-26,33H,6-7,10H2,1-5H3. The Morgan fingerprint density at radius 2 is 1.91 bits per heavy atom. The van der Waals surface area contributed by atoms with Gasteiger partial charge in [-0.05, 0) is 54.5 Å². The van der Waals surface area contributed by atoms with Crippen LogP contribution in [0.3, 0.4) is 0 Å². The summed E-state index contributed by atoms with van der Waals surface area (Å²) < 4.78 is 38.6. The van der Waals surface area contributed by atoms with Crippen LogP contribution in [0.25, 0.3) is 16.9 Å². The molecular formula is C27H32F2N2O4. The Morgan fingerprint density at radius 1 is 1.23 bits per heavy atom. The van der Waals surface area contributed by atoms with Crippen molar-refractivity contribution in [1.82, 2.24) is 9.38 Å². The number of methoxy groups -OCH3 is 1. The molecule has 2 aromatic heterocycles. The Morgan fingerprint density at radius 3 is 2.51 bits per heavy atom. The number of hydrogen-bond donors (Lipinski definition) is 1. The fraction of sp³-hybridized carbons (Fsp3) is 0.481. The van der Waals surface area contributed by atoms with Gasteiger partial charge in [0.1, 0.15) is 22.7 Å². The summed E-state index contributed by atoms with van der Waals surface area (Å²) in [6.45, 7) is 4.85. The third kappa shape index (κ3) is 5.03. The summed E-state index contributed by atoms with van der Waals surface area (Å²) in [5.74, 6) is 0.0979. The van der Waals surface area contributed by atoms with Gasteiger partial charge in [0, 0.05) is 23.6 Å². The molecule has 1 unspecified atom stereocenters. The molecule has 2 heterocycles. The average molecular weight is 487 g/mol. The normalized spacial score (nSPS) is 15.1. The maximum absolute atomic E-state index is 13.3. The predicted molar refractivity (Wildman–Crippen MR) is 129 cm³/mol. The smallest absolute Gasteiger partial charge is 0.387 e. The van der Waals surface area contributed by atoms with E-state index in [0.29, 0.717) is 16.9 Å². The van der Waals surface area contributed by atoms with Crippen LogP contribution < -0.4 is 9.47 Å². The topological polar surface area (TPSA) is 73.1 Å². The number of Topliss-reactive ketones (excluding diaryl/α,β-unsaturated/α-hetero) is 1. The first-order chi connectivity index (χ1) is 16.5. The lowest BCUT2D eigenvalue weighted by Gasteiger charge is -2.33. The number of carbonyl (C=O) groups is 1. The Kier molecular flexibility index (Phi) is 6.86. The minimum absolute atomic E-state index is 0.0454. The number of nitrogens with zero attached hydrogens (tertiary/aromatic N) is 2. The van der Waals surface area contributed by atoms with E-state index in [1.807, 2.05) is 50.4 Å². The molecule has 4 rings (SSSR count). The molecule has 1 atom stereocenters. The summed E-state index contributed by atoms with van der Waals surface area (Å²) in [6, 6.07) is 6.93. The molecule has 1 N–H and O–H groups in total. The average Bonchev–Trinajstić information content (AvgIpc) is 3.51. The minimum Gasteiger partial charge on any atom is -0.496 e. The number of ketones is 1. The Bertz CT molecular complexity index is 1230. The first-order valence-electron chi connectivity index (χ1n) is 11.9. The zero-order chi connectivity index (χ0) is 25.5.